The fraction of sp³-hybridized carbons (Fsp3) is 1.00. The van der Waals surface area contributed by atoms with Crippen molar-refractivity contribution in [2.24, 2.45) is 0 Å². The van der Waals surface area contributed by atoms with Gasteiger partial charge in [-0.1, -0.05) is 0 Å². The average molecular weight is 285 g/mol. The molecular formula is C5H14NNaO7P2. The van der Waals surface area contributed by atoms with Crippen LogP contribution in [0.15, 0.2) is 0 Å². The summed E-state index contributed by atoms with van der Waals surface area (Å²) in [6, 6.07) is 0. The van der Waals surface area contributed by atoms with E-state index in [1.165, 1.54) is 0 Å². The summed E-state index contributed by atoms with van der Waals surface area (Å²) in [5.74, 6) is 0. The van der Waals surface area contributed by atoms with E-state index >= 15 is 0 Å². The van der Waals surface area contributed by atoms with Crippen molar-refractivity contribution in [3.63, 3.8) is 0 Å². The maximum Gasteiger partial charge on any atom is 1.00 e. The third-order valence-electron chi connectivity index (χ3n) is 1.97. The summed E-state index contributed by atoms with van der Waals surface area (Å²) >= 11 is 0. The van der Waals surface area contributed by atoms with Crippen LogP contribution < -0.4 is 29.6 Å². The molecule has 0 saturated carbocycles. The largest absolute Gasteiger partial charge is 1.00 e. The smallest absolute Gasteiger partial charge is 1.00 e. The normalized spacial score (nSPS) is 19.6. The molecule has 0 bridgehead atoms. The third kappa shape index (κ3) is 4.84. The van der Waals surface area contributed by atoms with Crippen molar-refractivity contribution >= 4 is 15.2 Å². The molecule has 0 aromatic heterocycles. The predicted octanol–water partition coefficient (Wildman–Crippen LogP) is -3.93. The van der Waals surface area contributed by atoms with E-state index in [-0.39, 0.29) is 57.3 Å². The number of hydrogen-bond donors (Lipinski definition) is 4. The average Bonchev–Trinajstić information content (AvgIpc) is 2.00. The van der Waals surface area contributed by atoms with Crippen LogP contribution in [0.2, 0.25) is 0 Å². The van der Waals surface area contributed by atoms with E-state index in [2.05, 4.69) is 0 Å². The van der Waals surface area contributed by atoms with Gasteiger partial charge in [0.15, 0.2) is 0 Å². The van der Waals surface area contributed by atoms with Crippen LogP contribution in [0.3, 0.4) is 0 Å². The second-order valence-corrected chi connectivity index (χ2v) is 6.91. The van der Waals surface area contributed by atoms with Crippen molar-refractivity contribution in [1.29, 1.82) is 0 Å². The van der Waals surface area contributed by atoms with E-state index in [1.807, 2.05) is 0 Å². The minimum absolute atomic E-state index is 0. The number of hydrogen-bond acceptors (Lipinski definition) is 4. The van der Waals surface area contributed by atoms with Gasteiger partial charge >= 0.3 is 44.7 Å². The quantitative estimate of drug-likeness (QED) is 0.306. The number of rotatable bonds is 3. The summed E-state index contributed by atoms with van der Waals surface area (Å²) in [6.45, 7) is 0.606. The number of morpholine rings is 1. The molecule has 1 heterocycles. The first-order valence-corrected chi connectivity index (χ1v) is 7.51. The molecule has 0 unspecified atom stereocenters. The van der Waals surface area contributed by atoms with Crippen LogP contribution in [0.4, 0.5) is 0 Å². The summed E-state index contributed by atoms with van der Waals surface area (Å²) in [5, 5.41) is 0. The fourth-order valence-electron chi connectivity index (χ4n) is 1.43. The Bertz CT molecular complexity index is 291. The van der Waals surface area contributed by atoms with Gasteiger partial charge in [-0.15, -0.1) is 0 Å². The molecule has 16 heavy (non-hydrogen) atoms. The number of nitrogens with zero attached hydrogens (tertiary/aromatic N) is 1. The second kappa shape index (κ2) is 6.41. The Kier molecular flexibility index (Phi) is 6.89. The van der Waals surface area contributed by atoms with Crippen molar-refractivity contribution in [1.82, 2.24) is 4.90 Å². The molecule has 0 aromatic rings. The zero-order valence-corrected chi connectivity index (χ0v) is 12.5. The first kappa shape index (κ1) is 17.2. The molecule has 1 rings (SSSR count). The van der Waals surface area contributed by atoms with Gasteiger partial charge in [0.05, 0.1) is 13.2 Å². The van der Waals surface area contributed by atoms with Gasteiger partial charge < -0.3 is 25.7 Å². The topological polar surface area (TPSA) is 128 Å². The minimum atomic E-state index is -4.86. The van der Waals surface area contributed by atoms with Crippen LogP contribution in [0.5, 0.6) is 0 Å². The van der Waals surface area contributed by atoms with Crippen LogP contribution in [0, 0.1) is 0 Å². The Morgan fingerprint density at radius 1 is 1.06 bits per heavy atom. The van der Waals surface area contributed by atoms with Gasteiger partial charge in [0.2, 0.25) is 5.52 Å². The minimum Gasteiger partial charge on any atom is -1.00 e. The number of ether oxygens (including phenoxy) is 1. The molecule has 0 radical (unpaired) electrons. The van der Waals surface area contributed by atoms with Gasteiger partial charge in [-0.05, 0) is 0 Å². The first-order chi connectivity index (χ1) is 6.73. The van der Waals surface area contributed by atoms with Gasteiger partial charge in [-0.2, -0.15) is 0 Å². The Hall–Kier alpha value is 1.22. The zero-order chi connectivity index (χ0) is 11.7. The molecule has 4 N–H and O–H groups in total. The molecule has 0 spiro atoms. The van der Waals surface area contributed by atoms with E-state index in [0.29, 0.717) is 0 Å². The van der Waals surface area contributed by atoms with Crippen molar-refractivity contribution < 1.29 is 64.4 Å². The Balaban J connectivity index is 0. The van der Waals surface area contributed by atoms with Crippen molar-refractivity contribution in [3.8, 4) is 0 Å². The van der Waals surface area contributed by atoms with E-state index < -0.39 is 20.7 Å². The first-order valence-electron chi connectivity index (χ1n) is 4.15. The molecule has 1 fully saturated rings. The molecule has 1 aliphatic rings. The summed E-state index contributed by atoms with van der Waals surface area (Å²) in [6.07, 6.45) is 0. The van der Waals surface area contributed by atoms with Crippen LogP contribution in [-0.2, 0) is 13.9 Å². The van der Waals surface area contributed by atoms with Crippen molar-refractivity contribution in [2.75, 3.05) is 26.3 Å². The van der Waals surface area contributed by atoms with Crippen LogP contribution >= 0.6 is 15.2 Å². The zero-order valence-electron chi connectivity index (χ0n) is 9.76. The van der Waals surface area contributed by atoms with Crippen LogP contribution in [0.1, 0.15) is 1.43 Å². The summed E-state index contributed by atoms with van der Waals surface area (Å²) in [4.78, 5) is 36.7. The molecule has 1 aliphatic heterocycles. The van der Waals surface area contributed by atoms with E-state index in [1.54, 1.807) is 0 Å². The Labute approximate surface area is 116 Å². The third-order valence-corrected chi connectivity index (χ3v) is 5.64. The van der Waals surface area contributed by atoms with Gasteiger partial charge in [0.25, 0.3) is 0 Å². The van der Waals surface area contributed by atoms with Crippen LogP contribution in [-0.4, -0.2) is 56.3 Å². The maximum absolute atomic E-state index is 11.0. The van der Waals surface area contributed by atoms with Gasteiger partial charge in [-0.3, -0.25) is 14.0 Å². The predicted molar refractivity (Wildman–Crippen MR) is 51.4 cm³/mol. The standard InChI is InChI=1S/C5H13NO7P2.Na.H/c7-14(8,9)5(15(10,11)12)6-1-3-13-4-2-6;;/h5H,1-4H2,(H2,7,8,9)(H2,10,11,12);;/q;+1;-1. The van der Waals surface area contributed by atoms with Crippen molar-refractivity contribution in [2.45, 2.75) is 5.52 Å². The molecule has 92 valence electrons. The monoisotopic (exact) mass is 285 g/mol. The Morgan fingerprint density at radius 3 is 1.75 bits per heavy atom. The Morgan fingerprint density at radius 2 is 1.44 bits per heavy atom. The molecule has 0 atom stereocenters. The van der Waals surface area contributed by atoms with Gasteiger partial charge in [0, 0.05) is 13.1 Å². The van der Waals surface area contributed by atoms with E-state index in [4.69, 9.17) is 24.3 Å². The van der Waals surface area contributed by atoms with Gasteiger partial charge in [-0.25, -0.2) is 0 Å². The van der Waals surface area contributed by atoms with Gasteiger partial charge in [0.1, 0.15) is 0 Å². The molecule has 0 aliphatic carbocycles. The maximum atomic E-state index is 11.0. The van der Waals surface area contributed by atoms with E-state index in [9.17, 15) is 9.13 Å². The summed E-state index contributed by atoms with van der Waals surface area (Å²) in [7, 11) is -9.72. The molecule has 0 aromatic carbocycles. The molecule has 8 nitrogen and oxygen atoms in total. The molecular weight excluding hydrogens is 271 g/mol. The summed E-state index contributed by atoms with van der Waals surface area (Å²) in [5.41, 5.74) is -2.05. The second-order valence-electron chi connectivity index (χ2n) is 3.17. The molecule has 0 amide bonds. The van der Waals surface area contributed by atoms with Crippen LogP contribution in [0.25, 0.3) is 0 Å². The SMILES string of the molecule is O=P(O)(O)C(N1CCOCC1)P(=O)(O)O.[H-].[Na+]. The molecule has 1 saturated heterocycles. The van der Waals surface area contributed by atoms with Crippen molar-refractivity contribution in [3.05, 3.63) is 0 Å². The molecule has 11 heteroatoms. The fourth-order valence-corrected chi connectivity index (χ4v) is 4.31. The van der Waals surface area contributed by atoms with E-state index in [0.717, 1.165) is 4.90 Å². The summed E-state index contributed by atoms with van der Waals surface area (Å²) < 4.78 is 26.9.